The summed E-state index contributed by atoms with van der Waals surface area (Å²) in [6, 6.07) is 40.6. The van der Waals surface area contributed by atoms with Crippen LogP contribution in [0, 0.1) is 0 Å². The zero-order chi connectivity index (χ0) is 31.6. The molecule has 0 aliphatic carbocycles. The Balaban J connectivity index is 1.48. The molecule has 5 rings (SSSR count). The van der Waals surface area contributed by atoms with Crippen LogP contribution in [0.4, 0.5) is 5.69 Å². The summed E-state index contributed by atoms with van der Waals surface area (Å²) in [7, 11) is 4.15. The first-order valence-electron chi connectivity index (χ1n) is 16.5. The van der Waals surface area contributed by atoms with Crippen LogP contribution in [0.2, 0.25) is 0 Å². The number of esters is 1. The van der Waals surface area contributed by atoms with E-state index in [0.717, 1.165) is 74.1 Å². The van der Waals surface area contributed by atoms with E-state index in [1.807, 2.05) is 6.07 Å². The Labute approximate surface area is 270 Å². The molecule has 0 fully saturated rings. The van der Waals surface area contributed by atoms with E-state index in [2.05, 4.69) is 147 Å². The van der Waals surface area contributed by atoms with Crippen molar-refractivity contribution in [2.75, 3.05) is 19.0 Å². The fraction of sp³-hybridized carbons (Fsp3) is 0.341. The van der Waals surface area contributed by atoms with Crippen LogP contribution in [-0.4, -0.2) is 30.6 Å². The van der Waals surface area contributed by atoms with Gasteiger partial charge in [0.1, 0.15) is 5.60 Å². The van der Waals surface area contributed by atoms with Gasteiger partial charge in [-0.05, 0) is 60.1 Å². The number of anilines is 1. The highest BCUT2D eigenvalue weighted by atomic mass is 16.6. The molecule has 0 saturated heterocycles. The molecule has 0 amide bonds. The van der Waals surface area contributed by atoms with E-state index in [1.165, 1.54) is 16.7 Å². The highest BCUT2D eigenvalue weighted by Gasteiger charge is 2.43. The van der Waals surface area contributed by atoms with E-state index >= 15 is 0 Å². The number of hydrogen-bond donors (Lipinski definition) is 0. The van der Waals surface area contributed by atoms with Gasteiger partial charge < -0.3 is 14.5 Å². The lowest BCUT2D eigenvalue weighted by molar-refractivity contribution is -0.160. The van der Waals surface area contributed by atoms with Crippen molar-refractivity contribution in [2.45, 2.75) is 77.0 Å². The van der Waals surface area contributed by atoms with Crippen LogP contribution in [0.3, 0.4) is 0 Å². The maximum atomic E-state index is 14.2. The lowest BCUT2D eigenvalue weighted by Crippen LogP contribution is -2.44. The third-order valence-electron chi connectivity index (χ3n) is 9.11. The Morgan fingerprint density at radius 2 is 1.31 bits per heavy atom. The van der Waals surface area contributed by atoms with Crippen LogP contribution in [0.1, 0.15) is 74.1 Å². The Kier molecular flexibility index (Phi) is 10.8. The molecule has 0 spiro atoms. The minimum Gasteiger partial charge on any atom is -0.455 e. The van der Waals surface area contributed by atoms with Gasteiger partial charge in [-0.25, -0.2) is 4.79 Å². The molecule has 234 valence electrons. The second-order valence-electron chi connectivity index (χ2n) is 12.6. The second kappa shape index (κ2) is 15.1. The van der Waals surface area contributed by atoms with Crippen molar-refractivity contribution in [1.82, 2.24) is 4.90 Å². The number of hydrogen-bond acceptors (Lipinski definition) is 4. The van der Waals surface area contributed by atoms with Gasteiger partial charge in [0.15, 0.2) is 0 Å². The van der Waals surface area contributed by atoms with Crippen LogP contribution < -0.4 is 4.90 Å². The number of carbonyl (C=O) groups is 1. The van der Waals surface area contributed by atoms with E-state index in [-0.39, 0.29) is 11.9 Å². The predicted molar refractivity (Wildman–Crippen MR) is 186 cm³/mol. The van der Waals surface area contributed by atoms with Crippen molar-refractivity contribution in [3.63, 3.8) is 0 Å². The van der Waals surface area contributed by atoms with Gasteiger partial charge in [0.05, 0.1) is 5.57 Å². The molecule has 0 saturated carbocycles. The summed E-state index contributed by atoms with van der Waals surface area (Å²) in [6.45, 7) is 5.96. The van der Waals surface area contributed by atoms with E-state index in [4.69, 9.17) is 4.74 Å². The normalized spacial score (nSPS) is 17.1. The topological polar surface area (TPSA) is 32.8 Å². The number of ether oxygens (including phenoxy) is 1. The number of rotatable bonds is 14. The molecule has 0 radical (unpaired) electrons. The van der Waals surface area contributed by atoms with E-state index < -0.39 is 5.60 Å². The first-order chi connectivity index (χ1) is 21.9. The lowest BCUT2D eigenvalue weighted by atomic mass is 9.79. The minimum absolute atomic E-state index is 0.0566. The standard InChI is InChI=1S/C41H48N2O2/c1-5-26-41(27-25-32-17-10-7-11-18-32)29-38(42(3)4)39(40(44)45-41)37(6-2)35-23-16-24-36(28-35)43(30-33-19-12-8-13-20-33)31-34-21-14-9-15-22-34/h7-24,28,37H,5-6,25-27,29-31H2,1-4H3/t37-,41+/m1/s1. The molecule has 4 aromatic carbocycles. The fourth-order valence-electron chi connectivity index (χ4n) is 6.82. The molecule has 45 heavy (non-hydrogen) atoms. The number of cyclic esters (lactones) is 1. The third-order valence-corrected chi connectivity index (χ3v) is 9.11. The third kappa shape index (κ3) is 8.05. The summed E-state index contributed by atoms with van der Waals surface area (Å²) < 4.78 is 6.54. The summed E-state index contributed by atoms with van der Waals surface area (Å²) in [5.41, 5.74) is 7.54. The minimum atomic E-state index is -0.493. The molecule has 4 nitrogen and oxygen atoms in total. The smallest absolute Gasteiger partial charge is 0.336 e. The number of benzene rings is 4. The maximum Gasteiger partial charge on any atom is 0.336 e. The highest BCUT2D eigenvalue weighted by Crippen LogP contribution is 2.43. The highest BCUT2D eigenvalue weighted by molar-refractivity contribution is 5.92. The van der Waals surface area contributed by atoms with E-state index in [0.29, 0.717) is 0 Å². The van der Waals surface area contributed by atoms with Crippen molar-refractivity contribution in [2.24, 2.45) is 0 Å². The van der Waals surface area contributed by atoms with Crippen LogP contribution in [0.5, 0.6) is 0 Å². The summed E-state index contributed by atoms with van der Waals surface area (Å²) >= 11 is 0. The summed E-state index contributed by atoms with van der Waals surface area (Å²) in [6.07, 6.45) is 5.09. The molecule has 0 bridgehead atoms. The van der Waals surface area contributed by atoms with Gasteiger partial charge in [-0.2, -0.15) is 0 Å². The summed E-state index contributed by atoms with van der Waals surface area (Å²) in [5.74, 6) is -0.215. The first kappa shape index (κ1) is 32.1. The average Bonchev–Trinajstić information content (AvgIpc) is 3.06. The van der Waals surface area contributed by atoms with Crippen LogP contribution in [0.15, 0.2) is 127 Å². The van der Waals surface area contributed by atoms with Crippen LogP contribution in [-0.2, 0) is 29.0 Å². The summed E-state index contributed by atoms with van der Waals surface area (Å²) in [4.78, 5) is 18.8. The molecule has 4 heteroatoms. The molecule has 0 aromatic heterocycles. The molecular formula is C41H48N2O2. The zero-order valence-electron chi connectivity index (χ0n) is 27.4. The van der Waals surface area contributed by atoms with Crippen LogP contribution >= 0.6 is 0 Å². The van der Waals surface area contributed by atoms with Gasteiger partial charge in [0, 0.05) is 50.9 Å². The van der Waals surface area contributed by atoms with Crippen LogP contribution in [0.25, 0.3) is 0 Å². The zero-order valence-corrected chi connectivity index (χ0v) is 27.4. The molecule has 1 aliphatic rings. The SMILES string of the molecule is CCC[C@]1(CCc2ccccc2)CC(N(C)C)=C([C@H](CC)c2cccc(N(Cc3ccccc3)Cc3ccccc3)c2)C(=O)O1. The van der Waals surface area contributed by atoms with E-state index in [1.54, 1.807) is 0 Å². The predicted octanol–water partition coefficient (Wildman–Crippen LogP) is 9.32. The van der Waals surface area contributed by atoms with E-state index in [9.17, 15) is 4.79 Å². The number of carbonyl (C=O) groups excluding carboxylic acids is 1. The Morgan fingerprint density at radius 1 is 0.733 bits per heavy atom. The van der Waals surface area contributed by atoms with Gasteiger partial charge in [-0.1, -0.05) is 123 Å². The van der Waals surface area contributed by atoms with Gasteiger partial charge in [-0.15, -0.1) is 0 Å². The summed E-state index contributed by atoms with van der Waals surface area (Å²) in [5, 5.41) is 0. The molecular weight excluding hydrogens is 552 g/mol. The molecule has 0 N–H and O–H groups in total. The van der Waals surface area contributed by atoms with Gasteiger partial charge in [0.2, 0.25) is 0 Å². The number of aryl methyl sites for hydroxylation is 1. The molecule has 0 unspecified atom stereocenters. The molecule has 2 atom stereocenters. The maximum absolute atomic E-state index is 14.2. The van der Waals surface area contributed by atoms with Crippen molar-refractivity contribution < 1.29 is 9.53 Å². The molecule has 1 heterocycles. The molecule has 4 aromatic rings. The largest absolute Gasteiger partial charge is 0.455 e. The quantitative estimate of drug-likeness (QED) is 0.135. The van der Waals surface area contributed by atoms with Crippen molar-refractivity contribution in [3.05, 3.63) is 149 Å². The van der Waals surface area contributed by atoms with Crippen molar-refractivity contribution >= 4 is 11.7 Å². The van der Waals surface area contributed by atoms with Crippen molar-refractivity contribution in [1.29, 1.82) is 0 Å². The Bertz CT molecular complexity index is 1510. The Morgan fingerprint density at radius 3 is 1.84 bits per heavy atom. The fourth-order valence-corrected chi connectivity index (χ4v) is 6.82. The monoisotopic (exact) mass is 600 g/mol. The number of nitrogens with zero attached hydrogens (tertiary/aromatic N) is 2. The van der Waals surface area contributed by atoms with Gasteiger partial charge in [0.25, 0.3) is 0 Å². The Hall–Kier alpha value is -4.31. The molecule has 1 aliphatic heterocycles. The average molecular weight is 601 g/mol. The lowest BCUT2D eigenvalue weighted by Gasteiger charge is -2.42. The first-order valence-corrected chi connectivity index (χ1v) is 16.5. The van der Waals surface area contributed by atoms with Gasteiger partial charge in [-0.3, -0.25) is 0 Å². The van der Waals surface area contributed by atoms with Gasteiger partial charge >= 0.3 is 5.97 Å². The second-order valence-corrected chi connectivity index (χ2v) is 12.6. The van der Waals surface area contributed by atoms with Crippen molar-refractivity contribution in [3.8, 4) is 0 Å².